The summed E-state index contributed by atoms with van der Waals surface area (Å²) in [5, 5.41) is 0.980. The quantitative estimate of drug-likeness (QED) is 0.788. The number of para-hydroxylation sites is 1. The highest BCUT2D eigenvalue weighted by atomic mass is 79.9. The molecule has 0 saturated carbocycles. The summed E-state index contributed by atoms with van der Waals surface area (Å²) in [6.07, 6.45) is 3.44. The lowest BCUT2D eigenvalue weighted by molar-refractivity contribution is 0.861. The number of halogens is 1. The fraction of sp³-hybridized carbons (Fsp3) is 0.188. The van der Waals surface area contributed by atoms with Crippen molar-refractivity contribution in [1.29, 1.82) is 0 Å². The Morgan fingerprint density at radius 3 is 2.86 bits per heavy atom. The van der Waals surface area contributed by atoms with Crippen LogP contribution in [0.1, 0.15) is 19.0 Å². The number of nitrogens with one attached hydrogen (secondary N) is 1. The fourth-order valence-electron chi connectivity index (χ4n) is 2.34. The Bertz CT molecular complexity index is 852. The summed E-state index contributed by atoms with van der Waals surface area (Å²) in [6.45, 7) is 2.07. The topological polar surface area (TPSA) is 58.6 Å². The molecular weight excluding hydrogens is 330 g/mol. The van der Waals surface area contributed by atoms with E-state index in [1.54, 1.807) is 6.20 Å². The molecule has 1 N–H and O–H groups in total. The third kappa shape index (κ3) is 2.61. The number of hydrogen-bond acceptors (Lipinski definition) is 3. The minimum absolute atomic E-state index is 0.149. The first-order valence-corrected chi connectivity index (χ1v) is 7.63. The highest BCUT2D eigenvalue weighted by Gasteiger charge is 2.12. The standard InChI is InChI=1S/C16H14BrN3O/c1-2-5-13-14(17)16(21)20-15(19-13)11-8-9-18-12-7-4-3-6-10(11)12/h3-4,6-9H,2,5H2,1H3,(H,19,20,21). The highest BCUT2D eigenvalue weighted by Crippen LogP contribution is 2.25. The van der Waals surface area contributed by atoms with Crippen molar-refractivity contribution >= 4 is 26.8 Å². The van der Waals surface area contributed by atoms with Gasteiger partial charge in [0.2, 0.25) is 0 Å². The lowest BCUT2D eigenvalue weighted by Crippen LogP contribution is -2.13. The van der Waals surface area contributed by atoms with Crippen LogP contribution in [0, 0.1) is 0 Å². The molecule has 0 amide bonds. The van der Waals surface area contributed by atoms with Crippen molar-refractivity contribution in [3.63, 3.8) is 0 Å². The largest absolute Gasteiger partial charge is 0.306 e. The van der Waals surface area contributed by atoms with Gasteiger partial charge in [0, 0.05) is 17.1 Å². The molecule has 1 aromatic carbocycles. The molecule has 0 fully saturated rings. The van der Waals surface area contributed by atoms with Crippen LogP contribution < -0.4 is 5.56 Å². The van der Waals surface area contributed by atoms with Crippen molar-refractivity contribution in [3.05, 3.63) is 57.0 Å². The van der Waals surface area contributed by atoms with Crippen LogP contribution in [0.15, 0.2) is 45.8 Å². The summed E-state index contributed by atoms with van der Waals surface area (Å²) < 4.78 is 0.520. The smallest absolute Gasteiger partial charge is 0.265 e. The van der Waals surface area contributed by atoms with E-state index in [2.05, 4.69) is 37.8 Å². The maximum atomic E-state index is 12.1. The van der Waals surface area contributed by atoms with Gasteiger partial charge in [-0.05, 0) is 34.5 Å². The summed E-state index contributed by atoms with van der Waals surface area (Å²) in [4.78, 5) is 23.9. The van der Waals surface area contributed by atoms with Gasteiger partial charge in [0.05, 0.1) is 11.2 Å². The van der Waals surface area contributed by atoms with Crippen molar-refractivity contribution in [3.8, 4) is 11.4 Å². The van der Waals surface area contributed by atoms with Gasteiger partial charge in [-0.3, -0.25) is 9.78 Å². The van der Waals surface area contributed by atoms with Crippen LogP contribution in [0.25, 0.3) is 22.3 Å². The predicted octanol–water partition coefficient (Wildman–Crippen LogP) is 3.70. The number of aryl methyl sites for hydroxylation is 1. The highest BCUT2D eigenvalue weighted by molar-refractivity contribution is 9.10. The van der Waals surface area contributed by atoms with E-state index in [0.29, 0.717) is 10.3 Å². The Kier molecular flexibility index (Phi) is 3.84. The molecule has 106 valence electrons. The van der Waals surface area contributed by atoms with Gasteiger partial charge in [-0.2, -0.15) is 0 Å². The van der Waals surface area contributed by atoms with Crippen molar-refractivity contribution in [2.45, 2.75) is 19.8 Å². The van der Waals surface area contributed by atoms with Crippen molar-refractivity contribution in [2.24, 2.45) is 0 Å². The van der Waals surface area contributed by atoms with E-state index in [1.807, 2.05) is 30.3 Å². The molecule has 5 heteroatoms. The van der Waals surface area contributed by atoms with E-state index in [9.17, 15) is 4.79 Å². The minimum atomic E-state index is -0.149. The van der Waals surface area contributed by atoms with Crippen LogP contribution in [-0.4, -0.2) is 15.0 Å². The first kappa shape index (κ1) is 13.9. The number of nitrogens with zero attached hydrogens (tertiary/aromatic N) is 2. The van der Waals surface area contributed by atoms with Gasteiger partial charge in [-0.1, -0.05) is 31.5 Å². The van der Waals surface area contributed by atoms with Gasteiger partial charge in [-0.25, -0.2) is 4.98 Å². The van der Waals surface area contributed by atoms with Crippen LogP contribution in [0.4, 0.5) is 0 Å². The van der Waals surface area contributed by atoms with E-state index < -0.39 is 0 Å². The Balaban J connectivity index is 2.26. The summed E-state index contributed by atoms with van der Waals surface area (Å²) in [7, 11) is 0. The average molecular weight is 344 g/mol. The summed E-state index contributed by atoms with van der Waals surface area (Å²) in [6, 6.07) is 9.71. The third-order valence-electron chi connectivity index (χ3n) is 3.32. The maximum Gasteiger partial charge on any atom is 0.265 e. The van der Waals surface area contributed by atoms with Crippen molar-refractivity contribution in [2.75, 3.05) is 0 Å². The molecule has 0 spiro atoms. The second-order valence-electron chi connectivity index (χ2n) is 4.80. The molecule has 0 bridgehead atoms. The van der Waals surface area contributed by atoms with E-state index in [1.165, 1.54) is 0 Å². The molecule has 0 atom stereocenters. The normalized spacial score (nSPS) is 11.0. The molecule has 0 aliphatic heterocycles. The minimum Gasteiger partial charge on any atom is -0.306 e. The summed E-state index contributed by atoms with van der Waals surface area (Å²) in [5.41, 5.74) is 2.42. The molecule has 0 saturated heterocycles. The van der Waals surface area contributed by atoms with Crippen LogP contribution in [0.5, 0.6) is 0 Å². The number of benzene rings is 1. The number of aromatic amines is 1. The van der Waals surface area contributed by atoms with E-state index >= 15 is 0 Å². The molecule has 21 heavy (non-hydrogen) atoms. The molecule has 0 radical (unpaired) electrons. The molecule has 0 unspecified atom stereocenters. The van der Waals surface area contributed by atoms with Crippen LogP contribution in [-0.2, 0) is 6.42 Å². The average Bonchev–Trinajstić information content (AvgIpc) is 2.51. The van der Waals surface area contributed by atoms with Crippen molar-refractivity contribution < 1.29 is 0 Å². The molecule has 2 aromatic heterocycles. The summed E-state index contributed by atoms with van der Waals surface area (Å²) >= 11 is 3.32. The zero-order chi connectivity index (χ0) is 14.8. The maximum absolute atomic E-state index is 12.1. The van der Waals surface area contributed by atoms with Gasteiger partial charge in [0.1, 0.15) is 10.3 Å². The predicted molar refractivity (Wildman–Crippen MR) is 87.3 cm³/mol. The first-order chi connectivity index (χ1) is 10.2. The van der Waals surface area contributed by atoms with Crippen LogP contribution in [0.2, 0.25) is 0 Å². The zero-order valence-electron chi connectivity index (χ0n) is 11.6. The molecule has 3 aromatic rings. The fourth-order valence-corrected chi connectivity index (χ4v) is 2.72. The van der Waals surface area contributed by atoms with Crippen LogP contribution in [0.3, 0.4) is 0 Å². The van der Waals surface area contributed by atoms with Gasteiger partial charge < -0.3 is 4.98 Å². The molecule has 0 aliphatic carbocycles. The second kappa shape index (κ2) is 5.77. The van der Waals surface area contributed by atoms with Gasteiger partial charge >= 0.3 is 0 Å². The van der Waals surface area contributed by atoms with Gasteiger partial charge in [0.25, 0.3) is 5.56 Å². The number of hydrogen-bond donors (Lipinski definition) is 1. The molecule has 2 heterocycles. The number of rotatable bonds is 3. The van der Waals surface area contributed by atoms with Gasteiger partial charge in [-0.15, -0.1) is 0 Å². The van der Waals surface area contributed by atoms with Gasteiger partial charge in [0.15, 0.2) is 0 Å². The SMILES string of the molecule is CCCc1nc(-c2ccnc3ccccc23)[nH]c(=O)c1Br. The van der Waals surface area contributed by atoms with E-state index in [0.717, 1.165) is 35.0 Å². The molecule has 3 rings (SSSR count). The molecule has 0 aliphatic rings. The number of fused-ring (bicyclic) bond motifs is 1. The summed E-state index contributed by atoms with van der Waals surface area (Å²) in [5.74, 6) is 0.588. The van der Waals surface area contributed by atoms with E-state index in [4.69, 9.17) is 0 Å². The lowest BCUT2D eigenvalue weighted by Gasteiger charge is -2.08. The molecular formula is C16H14BrN3O. The van der Waals surface area contributed by atoms with Crippen LogP contribution >= 0.6 is 15.9 Å². The Hall–Kier alpha value is -2.01. The monoisotopic (exact) mass is 343 g/mol. The lowest BCUT2D eigenvalue weighted by atomic mass is 10.1. The second-order valence-corrected chi connectivity index (χ2v) is 5.59. The third-order valence-corrected chi connectivity index (χ3v) is 4.14. The van der Waals surface area contributed by atoms with Crippen molar-refractivity contribution in [1.82, 2.24) is 15.0 Å². The Labute approximate surface area is 130 Å². The zero-order valence-corrected chi connectivity index (χ0v) is 13.1. The van der Waals surface area contributed by atoms with E-state index in [-0.39, 0.29) is 5.56 Å². The first-order valence-electron chi connectivity index (χ1n) is 6.83. The molecule has 4 nitrogen and oxygen atoms in total. The number of aromatic nitrogens is 3. The Morgan fingerprint density at radius 1 is 1.24 bits per heavy atom. The Morgan fingerprint density at radius 2 is 2.05 bits per heavy atom. The number of pyridine rings is 1. The number of H-pyrrole nitrogens is 1.